The summed E-state index contributed by atoms with van der Waals surface area (Å²) in [6.45, 7) is 2.32. The molecule has 0 aliphatic heterocycles. The number of carbonyl (C=O) groups is 1. The Morgan fingerprint density at radius 2 is 1.91 bits per heavy atom. The Hall–Kier alpha value is -2.88. The van der Waals surface area contributed by atoms with Crippen LogP contribution < -0.4 is 5.32 Å². The molecule has 3 aromatic rings. The predicted molar refractivity (Wildman–Crippen MR) is 84.3 cm³/mol. The number of carbonyl (C=O) groups excluding carboxylic acids is 1. The summed E-state index contributed by atoms with van der Waals surface area (Å²) in [4.78, 5) is 16.3. The molecule has 0 aliphatic rings. The van der Waals surface area contributed by atoms with Crippen molar-refractivity contribution in [1.82, 2.24) is 10.3 Å². The molecule has 0 fully saturated rings. The van der Waals surface area contributed by atoms with Gasteiger partial charge in [-0.25, -0.2) is 0 Å². The van der Waals surface area contributed by atoms with Gasteiger partial charge in [0.15, 0.2) is 0 Å². The van der Waals surface area contributed by atoms with E-state index in [4.69, 9.17) is 4.42 Å². The molecule has 0 atom stereocenters. The van der Waals surface area contributed by atoms with Crippen molar-refractivity contribution in [3.05, 3.63) is 77.8 Å². The molecule has 2 aromatic heterocycles. The second-order valence-corrected chi connectivity index (χ2v) is 4.99. The van der Waals surface area contributed by atoms with Crippen molar-refractivity contribution in [2.24, 2.45) is 0 Å². The van der Waals surface area contributed by atoms with E-state index in [0.717, 1.165) is 22.8 Å². The molecule has 4 heteroatoms. The smallest absolute Gasteiger partial charge is 0.251 e. The van der Waals surface area contributed by atoms with E-state index in [1.807, 2.05) is 49.4 Å². The second kappa shape index (κ2) is 6.26. The lowest BCUT2D eigenvalue weighted by Crippen LogP contribution is -2.23. The molecular formula is C18H16N2O2. The second-order valence-electron chi connectivity index (χ2n) is 4.99. The van der Waals surface area contributed by atoms with Gasteiger partial charge in [-0.15, -0.1) is 0 Å². The predicted octanol–water partition coefficient (Wildman–Crippen LogP) is 3.58. The van der Waals surface area contributed by atoms with Gasteiger partial charge in [0.2, 0.25) is 0 Å². The van der Waals surface area contributed by atoms with Gasteiger partial charge in [0.1, 0.15) is 11.5 Å². The van der Waals surface area contributed by atoms with Crippen LogP contribution in [-0.4, -0.2) is 10.9 Å². The molecule has 22 heavy (non-hydrogen) atoms. The van der Waals surface area contributed by atoms with Gasteiger partial charge in [0.25, 0.3) is 5.91 Å². The topological polar surface area (TPSA) is 55.1 Å². The summed E-state index contributed by atoms with van der Waals surface area (Å²) in [7, 11) is 0. The minimum absolute atomic E-state index is 0.118. The third kappa shape index (κ3) is 3.23. The van der Waals surface area contributed by atoms with Crippen LogP contribution in [0.4, 0.5) is 0 Å². The van der Waals surface area contributed by atoms with Crippen molar-refractivity contribution in [2.45, 2.75) is 13.5 Å². The first kappa shape index (κ1) is 14.1. The van der Waals surface area contributed by atoms with Crippen LogP contribution in [0.1, 0.15) is 21.8 Å². The van der Waals surface area contributed by atoms with Crippen LogP contribution in [0, 0.1) is 6.92 Å². The minimum atomic E-state index is -0.118. The number of pyridine rings is 1. The number of aromatic nitrogens is 1. The van der Waals surface area contributed by atoms with Crippen molar-refractivity contribution in [3.63, 3.8) is 0 Å². The fourth-order valence-electron chi connectivity index (χ4n) is 2.15. The summed E-state index contributed by atoms with van der Waals surface area (Å²) >= 11 is 0. The number of aryl methyl sites for hydroxylation is 1. The number of hydrogen-bond acceptors (Lipinski definition) is 3. The zero-order chi connectivity index (χ0) is 15.4. The number of furan rings is 1. The van der Waals surface area contributed by atoms with Gasteiger partial charge in [-0.05, 0) is 43.3 Å². The monoisotopic (exact) mass is 292 g/mol. The van der Waals surface area contributed by atoms with Gasteiger partial charge in [-0.3, -0.25) is 9.78 Å². The summed E-state index contributed by atoms with van der Waals surface area (Å²) in [5.74, 6) is 1.55. The maximum Gasteiger partial charge on any atom is 0.251 e. The summed E-state index contributed by atoms with van der Waals surface area (Å²) in [5.41, 5.74) is 2.40. The Morgan fingerprint density at radius 1 is 1.09 bits per heavy atom. The van der Waals surface area contributed by atoms with Gasteiger partial charge in [-0.2, -0.15) is 0 Å². The molecule has 1 aromatic carbocycles. The summed E-state index contributed by atoms with van der Waals surface area (Å²) < 4.78 is 5.57. The first-order chi connectivity index (χ1) is 10.7. The molecule has 2 heterocycles. The highest BCUT2D eigenvalue weighted by Gasteiger charge is 2.07. The number of rotatable bonds is 4. The highest BCUT2D eigenvalue weighted by atomic mass is 16.3. The summed E-state index contributed by atoms with van der Waals surface area (Å²) in [6.07, 6.45) is 1.71. The number of benzene rings is 1. The molecule has 0 radical (unpaired) electrons. The molecule has 0 saturated carbocycles. The third-order valence-electron chi connectivity index (χ3n) is 3.33. The van der Waals surface area contributed by atoms with Gasteiger partial charge in [0, 0.05) is 17.3 Å². The first-order valence-electron chi connectivity index (χ1n) is 7.07. The molecule has 0 aliphatic carbocycles. The van der Waals surface area contributed by atoms with Crippen molar-refractivity contribution in [1.29, 1.82) is 0 Å². The van der Waals surface area contributed by atoms with Crippen molar-refractivity contribution < 1.29 is 9.21 Å². The van der Waals surface area contributed by atoms with E-state index in [0.29, 0.717) is 12.1 Å². The molecule has 0 unspecified atom stereocenters. The van der Waals surface area contributed by atoms with Gasteiger partial charge in [0.05, 0.1) is 12.2 Å². The maximum absolute atomic E-state index is 12.1. The average molecular weight is 292 g/mol. The Balaban J connectivity index is 1.66. The molecular weight excluding hydrogens is 276 g/mol. The maximum atomic E-state index is 12.1. The van der Waals surface area contributed by atoms with Crippen LogP contribution in [0.25, 0.3) is 11.3 Å². The first-order valence-corrected chi connectivity index (χ1v) is 7.07. The molecule has 0 saturated heterocycles. The fourth-order valence-corrected chi connectivity index (χ4v) is 2.15. The highest BCUT2D eigenvalue weighted by Crippen LogP contribution is 2.22. The summed E-state index contributed by atoms with van der Waals surface area (Å²) in [6, 6.07) is 16.8. The number of hydrogen-bond donors (Lipinski definition) is 1. The van der Waals surface area contributed by atoms with Crippen LogP contribution in [-0.2, 0) is 6.54 Å². The fraction of sp³-hybridized carbons (Fsp3) is 0.111. The van der Waals surface area contributed by atoms with E-state index >= 15 is 0 Å². The van der Waals surface area contributed by atoms with E-state index < -0.39 is 0 Å². The van der Waals surface area contributed by atoms with Crippen LogP contribution in [0.5, 0.6) is 0 Å². The molecule has 1 N–H and O–H groups in total. The van der Waals surface area contributed by atoms with Gasteiger partial charge >= 0.3 is 0 Å². The number of nitrogens with zero attached hydrogens (tertiary/aromatic N) is 1. The highest BCUT2D eigenvalue weighted by molar-refractivity contribution is 5.94. The normalized spacial score (nSPS) is 10.4. The lowest BCUT2D eigenvalue weighted by atomic mass is 10.1. The van der Waals surface area contributed by atoms with Crippen LogP contribution in [0.2, 0.25) is 0 Å². The molecule has 3 rings (SSSR count). The Labute approximate surface area is 128 Å². The molecule has 1 amide bonds. The molecule has 4 nitrogen and oxygen atoms in total. The SMILES string of the molecule is Cc1ccc(-c2ccc(C(=O)NCc3ccccn3)cc2)o1. The van der Waals surface area contributed by atoms with Crippen molar-refractivity contribution in [2.75, 3.05) is 0 Å². The zero-order valence-corrected chi connectivity index (χ0v) is 12.2. The van der Waals surface area contributed by atoms with Crippen molar-refractivity contribution >= 4 is 5.91 Å². The van der Waals surface area contributed by atoms with E-state index in [9.17, 15) is 4.79 Å². The van der Waals surface area contributed by atoms with Gasteiger partial charge in [-0.1, -0.05) is 18.2 Å². The van der Waals surface area contributed by atoms with E-state index in [2.05, 4.69) is 10.3 Å². The van der Waals surface area contributed by atoms with E-state index in [1.54, 1.807) is 18.3 Å². The molecule has 0 spiro atoms. The van der Waals surface area contributed by atoms with Crippen LogP contribution in [0.15, 0.2) is 65.2 Å². The molecule has 0 bridgehead atoms. The Bertz CT molecular complexity index is 761. The third-order valence-corrected chi connectivity index (χ3v) is 3.33. The quantitative estimate of drug-likeness (QED) is 0.799. The van der Waals surface area contributed by atoms with E-state index in [1.165, 1.54) is 0 Å². The Morgan fingerprint density at radius 3 is 2.55 bits per heavy atom. The van der Waals surface area contributed by atoms with Crippen LogP contribution >= 0.6 is 0 Å². The standard InChI is InChI=1S/C18H16N2O2/c1-13-5-10-17(22-13)14-6-8-15(9-7-14)18(21)20-12-16-4-2-3-11-19-16/h2-11H,12H2,1H3,(H,20,21). The van der Waals surface area contributed by atoms with Crippen LogP contribution in [0.3, 0.4) is 0 Å². The Kier molecular flexibility index (Phi) is 4.01. The number of nitrogens with one attached hydrogen (secondary N) is 1. The van der Waals surface area contributed by atoms with Crippen molar-refractivity contribution in [3.8, 4) is 11.3 Å². The van der Waals surface area contributed by atoms with Gasteiger partial charge < -0.3 is 9.73 Å². The lowest BCUT2D eigenvalue weighted by Gasteiger charge is -2.05. The van der Waals surface area contributed by atoms with E-state index in [-0.39, 0.29) is 5.91 Å². The average Bonchev–Trinajstić information content (AvgIpc) is 3.00. The number of amides is 1. The lowest BCUT2D eigenvalue weighted by molar-refractivity contribution is 0.0950. The minimum Gasteiger partial charge on any atom is -0.461 e. The zero-order valence-electron chi connectivity index (χ0n) is 12.2. The largest absolute Gasteiger partial charge is 0.461 e. The molecule has 110 valence electrons. The summed E-state index contributed by atoms with van der Waals surface area (Å²) in [5, 5.41) is 2.85.